The van der Waals surface area contributed by atoms with Crippen LogP contribution >= 0.6 is 0 Å². The van der Waals surface area contributed by atoms with Crippen LogP contribution in [-0.2, 0) is 12.1 Å². The fourth-order valence-corrected chi connectivity index (χ4v) is 1.99. The van der Waals surface area contributed by atoms with Crippen molar-refractivity contribution in [3.63, 3.8) is 0 Å². The minimum Gasteiger partial charge on any atom is -0.394 e. The lowest BCUT2D eigenvalue weighted by Gasteiger charge is -2.27. The Morgan fingerprint density at radius 1 is 1.33 bits per heavy atom. The summed E-state index contributed by atoms with van der Waals surface area (Å²) >= 11 is 0. The van der Waals surface area contributed by atoms with Gasteiger partial charge in [0.1, 0.15) is 0 Å². The maximum atomic E-state index is 9.57. The second-order valence-corrected chi connectivity index (χ2v) is 4.71. The van der Waals surface area contributed by atoms with Crippen LogP contribution < -0.4 is 5.73 Å². The van der Waals surface area contributed by atoms with E-state index >= 15 is 0 Å². The maximum absolute atomic E-state index is 9.57. The molecule has 0 fully saturated rings. The van der Waals surface area contributed by atoms with E-state index in [-0.39, 0.29) is 6.61 Å². The van der Waals surface area contributed by atoms with Crippen LogP contribution in [0.3, 0.4) is 0 Å². The molecule has 1 heterocycles. The maximum Gasteiger partial charge on any atom is 0.0661 e. The average molecular weight is 245 g/mol. The third-order valence-corrected chi connectivity index (χ3v) is 3.18. The zero-order valence-corrected chi connectivity index (χ0v) is 10.6. The van der Waals surface area contributed by atoms with Gasteiger partial charge in [0.25, 0.3) is 0 Å². The second-order valence-electron chi connectivity index (χ2n) is 4.71. The van der Waals surface area contributed by atoms with E-state index in [4.69, 9.17) is 5.73 Å². The van der Waals surface area contributed by atoms with Crippen LogP contribution in [0.25, 0.3) is 0 Å². The summed E-state index contributed by atoms with van der Waals surface area (Å²) in [5.41, 5.74) is 7.66. The first kappa shape index (κ1) is 12.8. The van der Waals surface area contributed by atoms with Crippen LogP contribution in [0.2, 0.25) is 0 Å². The van der Waals surface area contributed by atoms with Gasteiger partial charge in [-0.05, 0) is 24.5 Å². The first-order valence-electron chi connectivity index (χ1n) is 6.08. The summed E-state index contributed by atoms with van der Waals surface area (Å²) in [5.74, 6) is 0. The van der Waals surface area contributed by atoms with Crippen LogP contribution in [0, 0.1) is 6.92 Å². The smallest absolute Gasteiger partial charge is 0.0661 e. The molecule has 0 radical (unpaired) electrons. The first-order chi connectivity index (χ1) is 8.64. The topological polar surface area (TPSA) is 64.1 Å². The van der Waals surface area contributed by atoms with E-state index in [1.807, 2.05) is 54.3 Å². The van der Waals surface area contributed by atoms with Crippen molar-refractivity contribution in [3.8, 4) is 0 Å². The molecule has 0 spiro atoms. The van der Waals surface area contributed by atoms with Crippen molar-refractivity contribution in [1.29, 1.82) is 0 Å². The Bertz CT molecular complexity index is 495. The molecule has 1 aromatic carbocycles. The number of nitrogens with zero attached hydrogens (tertiary/aromatic N) is 2. The van der Waals surface area contributed by atoms with E-state index in [0.717, 1.165) is 11.1 Å². The van der Waals surface area contributed by atoms with Gasteiger partial charge in [-0.3, -0.25) is 4.68 Å². The van der Waals surface area contributed by atoms with Gasteiger partial charge in [0, 0.05) is 12.7 Å². The highest BCUT2D eigenvalue weighted by Gasteiger charge is 2.26. The van der Waals surface area contributed by atoms with Gasteiger partial charge >= 0.3 is 0 Å². The minimum atomic E-state index is -0.707. The van der Waals surface area contributed by atoms with E-state index in [1.165, 1.54) is 0 Å². The molecular weight excluding hydrogens is 226 g/mol. The zero-order chi connectivity index (χ0) is 13.0. The minimum absolute atomic E-state index is 0.0722. The summed E-state index contributed by atoms with van der Waals surface area (Å²) < 4.78 is 1.86. The van der Waals surface area contributed by atoms with Crippen molar-refractivity contribution in [2.45, 2.75) is 25.4 Å². The number of aliphatic hydroxyl groups excluding tert-OH is 1. The molecule has 0 aliphatic carbocycles. The lowest BCUT2D eigenvalue weighted by Crippen LogP contribution is -2.41. The molecule has 0 bridgehead atoms. The van der Waals surface area contributed by atoms with E-state index in [9.17, 15) is 5.11 Å². The van der Waals surface area contributed by atoms with Crippen molar-refractivity contribution >= 4 is 0 Å². The second kappa shape index (κ2) is 5.33. The lowest BCUT2D eigenvalue weighted by molar-refractivity contribution is 0.181. The number of benzene rings is 1. The average Bonchev–Trinajstić information content (AvgIpc) is 2.83. The molecule has 0 saturated heterocycles. The Kier molecular flexibility index (Phi) is 3.79. The molecule has 0 saturated carbocycles. The summed E-state index contributed by atoms with van der Waals surface area (Å²) in [6.07, 6.45) is 4.44. The summed E-state index contributed by atoms with van der Waals surface area (Å²) in [6.45, 7) is 2.62. The third-order valence-electron chi connectivity index (χ3n) is 3.18. The largest absolute Gasteiger partial charge is 0.394 e. The molecule has 18 heavy (non-hydrogen) atoms. The van der Waals surface area contributed by atoms with Crippen molar-refractivity contribution in [3.05, 3.63) is 53.9 Å². The lowest BCUT2D eigenvalue weighted by atomic mass is 9.88. The van der Waals surface area contributed by atoms with Gasteiger partial charge in [-0.2, -0.15) is 5.10 Å². The summed E-state index contributed by atoms with van der Waals surface area (Å²) in [6, 6.07) is 9.71. The molecule has 4 heteroatoms. The fourth-order valence-electron chi connectivity index (χ4n) is 1.99. The number of aryl methyl sites for hydroxylation is 2. The molecular formula is C14H19N3O. The van der Waals surface area contributed by atoms with Crippen LogP contribution in [0.1, 0.15) is 17.5 Å². The number of aromatic nitrogens is 2. The Morgan fingerprint density at radius 3 is 2.61 bits per heavy atom. The molecule has 1 unspecified atom stereocenters. The van der Waals surface area contributed by atoms with Gasteiger partial charge in [-0.1, -0.05) is 30.3 Å². The standard InChI is InChI=1S/C14H19N3O/c1-12-9-16-17(10-12)8-7-14(15,11-18)13-5-3-2-4-6-13/h2-6,9-10,18H,7-8,11,15H2,1H3. The first-order valence-corrected chi connectivity index (χ1v) is 6.08. The Labute approximate surface area is 107 Å². The molecule has 1 atom stereocenters. The number of nitrogens with two attached hydrogens (primary N) is 1. The molecule has 0 aliphatic heterocycles. The number of hydrogen-bond donors (Lipinski definition) is 2. The van der Waals surface area contributed by atoms with Crippen LogP contribution in [0.5, 0.6) is 0 Å². The SMILES string of the molecule is Cc1cnn(CCC(N)(CO)c2ccccc2)c1. The highest BCUT2D eigenvalue weighted by Crippen LogP contribution is 2.22. The predicted molar refractivity (Wildman–Crippen MR) is 71.0 cm³/mol. The van der Waals surface area contributed by atoms with Crippen LogP contribution in [0.4, 0.5) is 0 Å². The molecule has 2 rings (SSSR count). The molecule has 4 nitrogen and oxygen atoms in total. The number of hydrogen-bond acceptors (Lipinski definition) is 3. The monoisotopic (exact) mass is 245 g/mol. The Morgan fingerprint density at radius 2 is 2.06 bits per heavy atom. The summed E-state index contributed by atoms with van der Waals surface area (Å²) in [5, 5.41) is 13.8. The summed E-state index contributed by atoms with van der Waals surface area (Å²) in [4.78, 5) is 0. The van der Waals surface area contributed by atoms with E-state index < -0.39 is 5.54 Å². The zero-order valence-electron chi connectivity index (χ0n) is 10.6. The third kappa shape index (κ3) is 2.78. The quantitative estimate of drug-likeness (QED) is 0.837. The molecule has 3 N–H and O–H groups in total. The van der Waals surface area contributed by atoms with Crippen molar-refractivity contribution < 1.29 is 5.11 Å². The van der Waals surface area contributed by atoms with Gasteiger partial charge in [-0.15, -0.1) is 0 Å². The molecule has 1 aromatic heterocycles. The van der Waals surface area contributed by atoms with Gasteiger partial charge in [0.15, 0.2) is 0 Å². The normalized spacial score (nSPS) is 14.4. The molecule has 2 aromatic rings. The predicted octanol–water partition coefficient (Wildman–Crippen LogP) is 1.43. The fraction of sp³-hybridized carbons (Fsp3) is 0.357. The van der Waals surface area contributed by atoms with Crippen molar-refractivity contribution in [2.75, 3.05) is 6.61 Å². The Balaban J connectivity index is 2.09. The number of rotatable bonds is 5. The van der Waals surface area contributed by atoms with Gasteiger partial charge < -0.3 is 10.8 Å². The molecule has 96 valence electrons. The van der Waals surface area contributed by atoms with Gasteiger partial charge in [0.2, 0.25) is 0 Å². The van der Waals surface area contributed by atoms with E-state index in [0.29, 0.717) is 13.0 Å². The van der Waals surface area contributed by atoms with E-state index in [2.05, 4.69) is 5.10 Å². The highest BCUT2D eigenvalue weighted by atomic mass is 16.3. The number of aliphatic hydroxyl groups is 1. The van der Waals surface area contributed by atoms with Crippen LogP contribution in [-0.4, -0.2) is 21.5 Å². The molecule has 0 aliphatic rings. The van der Waals surface area contributed by atoms with Crippen LogP contribution in [0.15, 0.2) is 42.7 Å². The summed E-state index contributed by atoms with van der Waals surface area (Å²) in [7, 11) is 0. The Hall–Kier alpha value is -1.65. The van der Waals surface area contributed by atoms with E-state index in [1.54, 1.807) is 0 Å². The van der Waals surface area contributed by atoms with Crippen molar-refractivity contribution in [1.82, 2.24) is 9.78 Å². The highest BCUT2D eigenvalue weighted by molar-refractivity contribution is 5.23. The van der Waals surface area contributed by atoms with Gasteiger partial charge in [-0.25, -0.2) is 0 Å². The van der Waals surface area contributed by atoms with Gasteiger partial charge in [0.05, 0.1) is 18.3 Å². The molecule has 0 amide bonds. The van der Waals surface area contributed by atoms with Crippen molar-refractivity contribution in [2.24, 2.45) is 5.73 Å².